The molecular weight excluding hydrogens is 455 g/mol. The van der Waals surface area contributed by atoms with E-state index in [2.05, 4.69) is 15.3 Å². The van der Waals surface area contributed by atoms with Gasteiger partial charge in [-0.15, -0.1) is 11.3 Å². The average molecular weight is 472 g/mol. The second-order valence-electron chi connectivity index (χ2n) is 7.00. The van der Waals surface area contributed by atoms with Gasteiger partial charge in [-0.3, -0.25) is 4.79 Å². The van der Waals surface area contributed by atoms with E-state index in [4.69, 9.17) is 11.6 Å². The number of nitrogens with one attached hydrogen (secondary N) is 1. The van der Waals surface area contributed by atoms with Gasteiger partial charge in [0, 0.05) is 16.0 Å². The summed E-state index contributed by atoms with van der Waals surface area (Å²) < 4.78 is 39.0. The maximum absolute atomic E-state index is 13.0. The topological polar surface area (TPSA) is 54.9 Å². The first-order valence-electron chi connectivity index (χ1n) is 9.30. The minimum atomic E-state index is -4.59. The molecule has 1 aromatic carbocycles. The minimum absolute atomic E-state index is 0.0279. The number of halogens is 4. The molecule has 3 aromatic rings. The second-order valence-corrected chi connectivity index (χ2v) is 9.45. The summed E-state index contributed by atoms with van der Waals surface area (Å²) >= 11 is 8.59. The summed E-state index contributed by atoms with van der Waals surface area (Å²) in [5.41, 5.74) is 0.346. The van der Waals surface area contributed by atoms with E-state index in [1.807, 2.05) is 6.92 Å². The molecule has 2 aromatic heterocycles. The second kappa shape index (κ2) is 8.36. The number of alkyl halides is 3. The first-order chi connectivity index (χ1) is 14.2. The number of thiophene rings is 1. The van der Waals surface area contributed by atoms with Crippen LogP contribution in [0.1, 0.15) is 34.7 Å². The lowest BCUT2D eigenvalue weighted by Gasteiger charge is -2.13. The normalized spacial score (nSPS) is 14.0. The highest BCUT2D eigenvalue weighted by Crippen LogP contribution is 2.40. The molecule has 4 rings (SSSR count). The van der Waals surface area contributed by atoms with E-state index < -0.39 is 22.7 Å². The Hall–Kier alpha value is -1.84. The van der Waals surface area contributed by atoms with Gasteiger partial charge in [-0.05, 0) is 56.4 Å². The summed E-state index contributed by atoms with van der Waals surface area (Å²) in [4.78, 5) is 23.7. The molecule has 0 saturated carbocycles. The molecule has 158 valence electrons. The van der Waals surface area contributed by atoms with E-state index in [0.717, 1.165) is 53.1 Å². The van der Waals surface area contributed by atoms with E-state index >= 15 is 0 Å². The van der Waals surface area contributed by atoms with Crippen LogP contribution < -0.4 is 5.32 Å². The average Bonchev–Trinajstić information content (AvgIpc) is 3.05. The Kier molecular flexibility index (Phi) is 5.96. The molecule has 1 amide bonds. The van der Waals surface area contributed by atoms with Gasteiger partial charge in [0.15, 0.2) is 0 Å². The number of rotatable bonds is 4. The number of carbonyl (C=O) groups is 1. The molecule has 0 unspecified atom stereocenters. The fourth-order valence-electron chi connectivity index (χ4n) is 3.48. The molecule has 30 heavy (non-hydrogen) atoms. The van der Waals surface area contributed by atoms with Crippen LogP contribution >= 0.6 is 34.7 Å². The van der Waals surface area contributed by atoms with E-state index in [9.17, 15) is 18.0 Å². The van der Waals surface area contributed by atoms with Crippen molar-refractivity contribution in [2.24, 2.45) is 0 Å². The van der Waals surface area contributed by atoms with Gasteiger partial charge in [-0.2, -0.15) is 13.2 Å². The monoisotopic (exact) mass is 471 g/mol. The van der Waals surface area contributed by atoms with E-state index in [0.29, 0.717) is 5.82 Å². The highest BCUT2D eigenvalue weighted by Gasteiger charge is 2.33. The fraction of sp³-hybridized carbons (Fsp3) is 0.350. The third-order valence-electron chi connectivity index (χ3n) is 4.79. The molecule has 0 bridgehead atoms. The number of aromatic nitrogens is 2. The maximum atomic E-state index is 13.0. The molecule has 0 fully saturated rings. The Morgan fingerprint density at radius 1 is 1.27 bits per heavy atom. The van der Waals surface area contributed by atoms with Gasteiger partial charge < -0.3 is 5.32 Å². The molecule has 2 heterocycles. The van der Waals surface area contributed by atoms with Gasteiger partial charge in [0.1, 0.15) is 15.7 Å². The highest BCUT2D eigenvalue weighted by atomic mass is 35.5. The Balaban J connectivity index is 1.52. The first kappa shape index (κ1) is 21.4. The standard InChI is InChI=1S/C20H17ClF3N3OS2/c1-10-25-18(17-12-4-2-3-5-15(12)30-19(17)26-10)29-9-16(28)27-11-6-7-14(21)13(8-11)20(22,23)24/h6-8H,2-5,9H2,1H3,(H,27,28). The Morgan fingerprint density at radius 3 is 2.80 bits per heavy atom. The maximum Gasteiger partial charge on any atom is 0.417 e. The van der Waals surface area contributed by atoms with E-state index in [1.165, 1.54) is 28.3 Å². The molecule has 0 aliphatic heterocycles. The van der Waals surface area contributed by atoms with Crippen molar-refractivity contribution in [1.82, 2.24) is 9.97 Å². The van der Waals surface area contributed by atoms with Crippen molar-refractivity contribution in [2.45, 2.75) is 43.8 Å². The van der Waals surface area contributed by atoms with Crippen molar-refractivity contribution < 1.29 is 18.0 Å². The molecule has 10 heteroatoms. The molecule has 0 spiro atoms. The highest BCUT2D eigenvalue weighted by molar-refractivity contribution is 8.00. The summed E-state index contributed by atoms with van der Waals surface area (Å²) in [6.45, 7) is 1.81. The number of thioether (sulfide) groups is 1. The van der Waals surface area contributed by atoms with E-state index in [-0.39, 0.29) is 11.4 Å². The van der Waals surface area contributed by atoms with Crippen LogP contribution in [0.4, 0.5) is 18.9 Å². The molecule has 0 saturated heterocycles. The molecule has 1 aliphatic carbocycles. The van der Waals surface area contributed by atoms with Crippen LogP contribution in [-0.2, 0) is 23.8 Å². The van der Waals surface area contributed by atoms with Crippen molar-refractivity contribution >= 4 is 56.5 Å². The third kappa shape index (κ3) is 4.43. The quantitative estimate of drug-likeness (QED) is 0.359. The van der Waals surface area contributed by atoms with Crippen LogP contribution in [0.5, 0.6) is 0 Å². The number of benzene rings is 1. The summed E-state index contributed by atoms with van der Waals surface area (Å²) in [6.07, 6.45) is -0.285. The number of nitrogens with zero attached hydrogens (tertiary/aromatic N) is 2. The summed E-state index contributed by atoms with van der Waals surface area (Å²) in [6, 6.07) is 3.32. The van der Waals surface area contributed by atoms with Crippen LogP contribution in [0.15, 0.2) is 23.2 Å². The molecule has 0 atom stereocenters. The Labute approximate surface area is 184 Å². The summed E-state index contributed by atoms with van der Waals surface area (Å²) in [7, 11) is 0. The summed E-state index contributed by atoms with van der Waals surface area (Å²) in [5, 5.41) is 3.87. The smallest absolute Gasteiger partial charge is 0.325 e. The summed E-state index contributed by atoms with van der Waals surface area (Å²) in [5.74, 6) is 0.251. The van der Waals surface area contributed by atoms with Crippen molar-refractivity contribution in [3.63, 3.8) is 0 Å². The van der Waals surface area contributed by atoms with E-state index in [1.54, 1.807) is 11.3 Å². The molecule has 4 nitrogen and oxygen atoms in total. The largest absolute Gasteiger partial charge is 0.417 e. The van der Waals surface area contributed by atoms with Crippen molar-refractivity contribution in [2.75, 3.05) is 11.1 Å². The zero-order chi connectivity index (χ0) is 21.5. The van der Waals surface area contributed by atoms with Crippen molar-refractivity contribution in [3.8, 4) is 0 Å². The van der Waals surface area contributed by atoms with Gasteiger partial charge in [0.25, 0.3) is 0 Å². The first-order valence-corrected chi connectivity index (χ1v) is 11.5. The molecule has 1 N–H and O–H groups in total. The molecule has 0 radical (unpaired) electrons. The SMILES string of the molecule is Cc1nc(SCC(=O)Nc2ccc(Cl)c(C(F)(F)F)c2)c2c3c(sc2n1)CCCC3. The number of fused-ring (bicyclic) bond motifs is 3. The lowest BCUT2D eigenvalue weighted by Crippen LogP contribution is -2.15. The minimum Gasteiger partial charge on any atom is -0.325 e. The number of amides is 1. The molecule has 1 aliphatic rings. The Bertz CT molecular complexity index is 1130. The Morgan fingerprint density at radius 2 is 2.03 bits per heavy atom. The van der Waals surface area contributed by atoms with Gasteiger partial charge in [-0.25, -0.2) is 9.97 Å². The number of hydrogen-bond donors (Lipinski definition) is 1. The van der Waals surface area contributed by atoms with Crippen LogP contribution in [0.2, 0.25) is 5.02 Å². The van der Waals surface area contributed by atoms with Crippen molar-refractivity contribution in [1.29, 1.82) is 0 Å². The van der Waals surface area contributed by atoms with Gasteiger partial charge in [0.05, 0.1) is 16.3 Å². The van der Waals surface area contributed by atoms with Crippen LogP contribution in [0.3, 0.4) is 0 Å². The zero-order valence-electron chi connectivity index (χ0n) is 15.9. The molecular formula is C20H17ClF3N3OS2. The zero-order valence-corrected chi connectivity index (χ0v) is 18.3. The van der Waals surface area contributed by atoms with Crippen LogP contribution in [0.25, 0.3) is 10.2 Å². The van der Waals surface area contributed by atoms with Crippen molar-refractivity contribution in [3.05, 3.63) is 45.1 Å². The lowest BCUT2D eigenvalue weighted by atomic mass is 9.97. The van der Waals surface area contributed by atoms with Gasteiger partial charge >= 0.3 is 6.18 Å². The third-order valence-corrected chi connectivity index (χ3v) is 7.28. The number of carbonyl (C=O) groups excluding carboxylic acids is 1. The number of anilines is 1. The van der Waals surface area contributed by atoms with Gasteiger partial charge in [0.2, 0.25) is 5.91 Å². The number of aryl methyl sites for hydroxylation is 3. The predicted molar refractivity (Wildman–Crippen MR) is 115 cm³/mol. The fourth-order valence-corrected chi connectivity index (χ4v) is 5.98. The predicted octanol–water partition coefficient (Wildman–Crippen LogP) is 6.28. The van der Waals surface area contributed by atoms with Gasteiger partial charge in [-0.1, -0.05) is 23.4 Å². The van der Waals surface area contributed by atoms with Crippen LogP contribution in [-0.4, -0.2) is 21.6 Å². The lowest BCUT2D eigenvalue weighted by molar-refractivity contribution is -0.137. The van der Waals surface area contributed by atoms with Crippen LogP contribution in [0, 0.1) is 6.92 Å². The number of hydrogen-bond acceptors (Lipinski definition) is 5.